The zero-order valence-corrected chi connectivity index (χ0v) is 16.6. The number of anilines is 1. The smallest absolute Gasteiger partial charge is 0.275 e. The highest BCUT2D eigenvalue weighted by Gasteiger charge is 2.23. The van der Waals surface area contributed by atoms with E-state index >= 15 is 0 Å². The van der Waals surface area contributed by atoms with Crippen molar-refractivity contribution in [3.05, 3.63) is 58.1 Å². The fraction of sp³-hybridized carbons (Fsp3) is 0.350. The van der Waals surface area contributed by atoms with Crippen LogP contribution in [0, 0.1) is 0 Å². The van der Waals surface area contributed by atoms with Crippen LogP contribution in [-0.4, -0.2) is 50.3 Å². The maximum atomic E-state index is 12.2. The molecule has 2 aromatic rings. The van der Waals surface area contributed by atoms with Gasteiger partial charge in [-0.1, -0.05) is 41.4 Å². The fourth-order valence-corrected chi connectivity index (χ4v) is 3.83. The highest BCUT2D eigenvalue weighted by atomic mass is 35.5. The van der Waals surface area contributed by atoms with Gasteiger partial charge in [0.15, 0.2) is 6.54 Å². The molecule has 0 unspecified atom stereocenters. The number of amides is 1. The Balaban J connectivity index is 1.40. The van der Waals surface area contributed by atoms with E-state index in [1.165, 1.54) is 4.90 Å². The van der Waals surface area contributed by atoms with Gasteiger partial charge in [0.25, 0.3) is 5.91 Å². The SMILES string of the molecule is O=C(C[NH+]1CCN(c2ccccc2O)CC1)NCCc1ccc(Cl)cc1Cl. The van der Waals surface area contributed by atoms with Gasteiger partial charge in [-0.2, -0.15) is 0 Å². The first-order valence-electron chi connectivity index (χ1n) is 9.10. The van der Waals surface area contributed by atoms with Gasteiger partial charge in [0, 0.05) is 16.6 Å². The summed E-state index contributed by atoms with van der Waals surface area (Å²) in [5.74, 6) is 0.352. The third-order valence-corrected chi connectivity index (χ3v) is 5.42. The van der Waals surface area contributed by atoms with Crippen LogP contribution in [0.2, 0.25) is 10.0 Å². The molecule has 3 N–H and O–H groups in total. The minimum Gasteiger partial charge on any atom is -0.506 e. The van der Waals surface area contributed by atoms with E-state index in [1.807, 2.05) is 24.3 Å². The Morgan fingerprint density at radius 3 is 2.59 bits per heavy atom. The molecule has 1 amide bonds. The quantitative estimate of drug-likeness (QED) is 0.682. The van der Waals surface area contributed by atoms with Crippen molar-refractivity contribution in [3.8, 4) is 5.75 Å². The van der Waals surface area contributed by atoms with Crippen LogP contribution in [0.15, 0.2) is 42.5 Å². The lowest BCUT2D eigenvalue weighted by atomic mass is 10.1. The summed E-state index contributed by atoms with van der Waals surface area (Å²) >= 11 is 12.0. The molecule has 1 fully saturated rings. The van der Waals surface area contributed by atoms with Crippen molar-refractivity contribution in [2.75, 3.05) is 44.2 Å². The minimum atomic E-state index is 0.0473. The number of piperazine rings is 1. The molecule has 1 aliphatic rings. The van der Waals surface area contributed by atoms with E-state index in [-0.39, 0.29) is 5.91 Å². The Morgan fingerprint density at radius 2 is 1.89 bits per heavy atom. The summed E-state index contributed by atoms with van der Waals surface area (Å²) in [6.45, 7) is 4.39. The van der Waals surface area contributed by atoms with Crippen LogP contribution in [-0.2, 0) is 11.2 Å². The molecule has 0 spiro atoms. The van der Waals surface area contributed by atoms with Crippen molar-refractivity contribution < 1.29 is 14.8 Å². The number of phenols is 1. The first-order chi connectivity index (χ1) is 13.0. The first-order valence-corrected chi connectivity index (χ1v) is 9.85. The van der Waals surface area contributed by atoms with Gasteiger partial charge >= 0.3 is 0 Å². The second kappa shape index (κ2) is 9.31. The number of nitrogens with one attached hydrogen (secondary N) is 2. The van der Waals surface area contributed by atoms with Crippen LogP contribution in [0.1, 0.15) is 5.56 Å². The van der Waals surface area contributed by atoms with Crippen molar-refractivity contribution in [1.82, 2.24) is 5.32 Å². The van der Waals surface area contributed by atoms with Gasteiger partial charge in [0.05, 0.1) is 31.9 Å². The average Bonchev–Trinajstić information content (AvgIpc) is 2.65. The number of carbonyl (C=O) groups excluding carboxylic acids is 1. The van der Waals surface area contributed by atoms with E-state index in [2.05, 4.69) is 10.2 Å². The highest BCUT2D eigenvalue weighted by Crippen LogP contribution is 2.26. The van der Waals surface area contributed by atoms with Gasteiger partial charge in [-0.15, -0.1) is 0 Å². The summed E-state index contributed by atoms with van der Waals surface area (Å²) in [4.78, 5) is 15.6. The molecular weight excluding hydrogens is 385 g/mol. The lowest BCUT2D eigenvalue weighted by molar-refractivity contribution is -0.892. The number of aromatic hydroxyl groups is 1. The molecule has 2 aromatic carbocycles. The van der Waals surface area contributed by atoms with Gasteiger partial charge in [-0.25, -0.2) is 0 Å². The molecule has 0 radical (unpaired) electrons. The first kappa shape index (κ1) is 19.8. The number of benzene rings is 2. The van der Waals surface area contributed by atoms with E-state index in [1.54, 1.807) is 18.2 Å². The zero-order valence-electron chi connectivity index (χ0n) is 15.0. The molecular formula is C20H24Cl2N3O2+. The number of hydrogen-bond acceptors (Lipinski definition) is 3. The Bertz CT molecular complexity index is 793. The molecule has 0 aliphatic carbocycles. The second-order valence-electron chi connectivity index (χ2n) is 6.74. The lowest BCUT2D eigenvalue weighted by Crippen LogP contribution is -3.16. The zero-order chi connectivity index (χ0) is 19.2. The standard InChI is InChI=1S/C20H23Cl2N3O2/c21-16-6-5-15(17(22)13-16)7-8-23-20(27)14-24-9-11-25(12-10-24)18-3-1-2-4-19(18)26/h1-6,13,26H,7-12,14H2,(H,23,27)/p+1. The Hall–Kier alpha value is -1.95. The number of hydrogen-bond donors (Lipinski definition) is 3. The Labute approximate surface area is 169 Å². The molecule has 1 aliphatic heterocycles. The van der Waals surface area contributed by atoms with Gasteiger partial charge in [-0.05, 0) is 36.2 Å². The van der Waals surface area contributed by atoms with Crippen LogP contribution in [0.25, 0.3) is 0 Å². The maximum Gasteiger partial charge on any atom is 0.275 e. The predicted octanol–water partition coefficient (Wildman–Crippen LogP) is 1.76. The van der Waals surface area contributed by atoms with Gasteiger partial charge in [0.1, 0.15) is 5.75 Å². The number of para-hydroxylation sites is 2. The molecule has 7 heteroatoms. The normalized spacial score (nSPS) is 15.0. The molecule has 27 heavy (non-hydrogen) atoms. The third kappa shape index (κ3) is 5.51. The third-order valence-electron chi connectivity index (χ3n) is 4.84. The number of carbonyl (C=O) groups is 1. The van der Waals surface area contributed by atoms with E-state index in [9.17, 15) is 9.90 Å². The van der Waals surface area contributed by atoms with E-state index in [0.29, 0.717) is 35.3 Å². The van der Waals surface area contributed by atoms with Crippen LogP contribution in [0.5, 0.6) is 5.75 Å². The summed E-state index contributed by atoms with van der Waals surface area (Å²) in [5, 5.41) is 14.2. The molecule has 0 bridgehead atoms. The van der Waals surface area contributed by atoms with E-state index in [4.69, 9.17) is 23.2 Å². The summed E-state index contributed by atoms with van der Waals surface area (Å²) in [6, 6.07) is 12.8. The molecule has 0 aromatic heterocycles. The van der Waals surface area contributed by atoms with Gasteiger partial charge in [0.2, 0.25) is 0 Å². The molecule has 3 rings (SSSR count). The number of phenolic OH excluding ortho intramolecular Hbond substituents is 1. The summed E-state index contributed by atoms with van der Waals surface area (Å²) < 4.78 is 0. The largest absolute Gasteiger partial charge is 0.506 e. The van der Waals surface area contributed by atoms with Crippen LogP contribution in [0.4, 0.5) is 5.69 Å². The lowest BCUT2D eigenvalue weighted by Gasteiger charge is -2.33. The molecule has 0 atom stereocenters. The minimum absolute atomic E-state index is 0.0473. The summed E-state index contributed by atoms with van der Waals surface area (Å²) in [6.07, 6.45) is 0.679. The molecule has 144 valence electrons. The van der Waals surface area contributed by atoms with Crippen LogP contribution >= 0.6 is 23.2 Å². The molecule has 1 heterocycles. The monoisotopic (exact) mass is 408 g/mol. The van der Waals surface area contributed by atoms with E-state index in [0.717, 1.165) is 37.4 Å². The molecule has 0 saturated carbocycles. The van der Waals surface area contributed by atoms with Gasteiger partial charge in [-0.3, -0.25) is 4.79 Å². The Kier molecular flexibility index (Phi) is 6.83. The molecule has 5 nitrogen and oxygen atoms in total. The number of halogens is 2. The summed E-state index contributed by atoms with van der Waals surface area (Å²) in [5.41, 5.74) is 1.84. The van der Waals surface area contributed by atoms with Crippen molar-refractivity contribution >= 4 is 34.8 Å². The average molecular weight is 409 g/mol. The summed E-state index contributed by atoms with van der Waals surface area (Å²) in [7, 11) is 0. The number of nitrogens with zero attached hydrogens (tertiary/aromatic N) is 1. The van der Waals surface area contributed by atoms with Crippen molar-refractivity contribution in [2.45, 2.75) is 6.42 Å². The number of rotatable bonds is 6. The van der Waals surface area contributed by atoms with Crippen molar-refractivity contribution in [3.63, 3.8) is 0 Å². The fourth-order valence-electron chi connectivity index (χ4n) is 3.32. The highest BCUT2D eigenvalue weighted by molar-refractivity contribution is 6.35. The second-order valence-corrected chi connectivity index (χ2v) is 7.58. The van der Waals surface area contributed by atoms with Crippen LogP contribution < -0.4 is 15.1 Å². The molecule has 1 saturated heterocycles. The van der Waals surface area contributed by atoms with Crippen LogP contribution in [0.3, 0.4) is 0 Å². The van der Waals surface area contributed by atoms with Gasteiger partial charge < -0.3 is 20.2 Å². The Morgan fingerprint density at radius 1 is 1.15 bits per heavy atom. The maximum absolute atomic E-state index is 12.2. The predicted molar refractivity (Wildman–Crippen MR) is 109 cm³/mol. The number of quaternary nitrogens is 1. The van der Waals surface area contributed by atoms with Crippen molar-refractivity contribution in [2.24, 2.45) is 0 Å². The van der Waals surface area contributed by atoms with E-state index < -0.39 is 0 Å². The van der Waals surface area contributed by atoms with Crippen molar-refractivity contribution in [1.29, 1.82) is 0 Å². The topological polar surface area (TPSA) is 57.0 Å².